The zero-order valence-corrected chi connectivity index (χ0v) is 17.9. The third kappa shape index (κ3) is 4.44. The number of benzene rings is 1. The summed E-state index contributed by atoms with van der Waals surface area (Å²) in [7, 11) is 1.56. The molecule has 0 fully saturated rings. The number of H-pyrrole nitrogens is 1. The molecule has 8 heteroatoms. The van der Waals surface area contributed by atoms with Crippen molar-refractivity contribution in [3.63, 3.8) is 0 Å². The normalized spacial score (nSPS) is 10.9. The van der Waals surface area contributed by atoms with Crippen LogP contribution in [-0.4, -0.2) is 27.0 Å². The van der Waals surface area contributed by atoms with Crippen molar-refractivity contribution in [3.8, 4) is 34.1 Å². The second-order valence-corrected chi connectivity index (χ2v) is 7.23. The topological polar surface area (TPSA) is 72.9 Å². The predicted octanol–water partition coefficient (Wildman–Crippen LogP) is 5.27. The Morgan fingerprint density at radius 3 is 2.56 bits per heavy atom. The van der Waals surface area contributed by atoms with E-state index in [9.17, 15) is 8.78 Å². The minimum absolute atomic E-state index is 0.00105. The lowest BCUT2D eigenvalue weighted by atomic mass is 10.1. The molecule has 0 unspecified atom stereocenters. The number of rotatable bonds is 7. The highest BCUT2D eigenvalue weighted by Crippen LogP contribution is 2.36. The molecule has 0 aliphatic rings. The van der Waals surface area contributed by atoms with Crippen molar-refractivity contribution in [2.45, 2.75) is 26.9 Å². The standard InChI is InChI=1S/C24H22F2N4O2/c1-4-19-23(30-24(29-19)15-5-8-22(26)28-12-15)17-7-6-16(10-21(17)31-3)32-13-20-18(25)9-14(2)11-27-20/h5-12H,4,13H2,1-3H3,(H,29,30). The second kappa shape index (κ2) is 9.13. The van der Waals surface area contributed by atoms with E-state index in [1.807, 2.05) is 13.0 Å². The van der Waals surface area contributed by atoms with Gasteiger partial charge in [-0.15, -0.1) is 0 Å². The largest absolute Gasteiger partial charge is 0.496 e. The van der Waals surface area contributed by atoms with E-state index >= 15 is 0 Å². The SMILES string of the molecule is CCc1[nH]c(-c2ccc(F)nc2)nc1-c1ccc(OCc2ncc(C)cc2F)cc1OC. The van der Waals surface area contributed by atoms with Crippen LogP contribution in [0.3, 0.4) is 0 Å². The first kappa shape index (κ1) is 21.4. The van der Waals surface area contributed by atoms with Crippen molar-refractivity contribution in [2.24, 2.45) is 0 Å². The number of methoxy groups -OCH3 is 1. The Balaban J connectivity index is 1.62. The van der Waals surface area contributed by atoms with Crippen molar-refractivity contribution >= 4 is 0 Å². The van der Waals surface area contributed by atoms with E-state index in [4.69, 9.17) is 14.5 Å². The van der Waals surface area contributed by atoms with Gasteiger partial charge in [0.2, 0.25) is 5.95 Å². The fourth-order valence-electron chi connectivity index (χ4n) is 3.32. The molecule has 0 radical (unpaired) electrons. The highest BCUT2D eigenvalue weighted by molar-refractivity contribution is 5.73. The summed E-state index contributed by atoms with van der Waals surface area (Å²) in [6.45, 7) is 3.79. The van der Waals surface area contributed by atoms with Crippen LogP contribution in [0.4, 0.5) is 8.78 Å². The number of hydrogen-bond donors (Lipinski definition) is 1. The molecule has 0 aliphatic carbocycles. The molecule has 0 amide bonds. The zero-order chi connectivity index (χ0) is 22.7. The van der Waals surface area contributed by atoms with Gasteiger partial charge in [-0.3, -0.25) is 4.98 Å². The maximum absolute atomic E-state index is 14.0. The third-order valence-corrected chi connectivity index (χ3v) is 4.99. The van der Waals surface area contributed by atoms with Crippen molar-refractivity contribution in [1.29, 1.82) is 0 Å². The summed E-state index contributed by atoms with van der Waals surface area (Å²) < 4.78 is 38.5. The van der Waals surface area contributed by atoms with E-state index in [2.05, 4.69) is 15.0 Å². The molecular formula is C24H22F2N4O2. The molecular weight excluding hydrogens is 414 g/mol. The minimum atomic E-state index is -0.547. The Hall–Kier alpha value is -3.81. The number of pyridine rings is 2. The average Bonchev–Trinajstić information content (AvgIpc) is 3.23. The lowest BCUT2D eigenvalue weighted by molar-refractivity contribution is 0.292. The van der Waals surface area contributed by atoms with Gasteiger partial charge in [-0.1, -0.05) is 6.92 Å². The van der Waals surface area contributed by atoms with Gasteiger partial charge in [0.15, 0.2) is 0 Å². The molecule has 0 spiro atoms. The Morgan fingerprint density at radius 1 is 1.03 bits per heavy atom. The smallest absolute Gasteiger partial charge is 0.212 e. The molecule has 4 rings (SSSR count). The summed E-state index contributed by atoms with van der Waals surface area (Å²) in [4.78, 5) is 15.8. The number of ether oxygens (including phenoxy) is 2. The van der Waals surface area contributed by atoms with Crippen LogP contribution in [0.25, 0.3) is 22.6 Å². The molecule has 0 bridgehead atoms. The summed E-state index contributed by atoms with van der Waals surface area (Å²) in [6.07, 6.45) is 3.74. The van der Waals surface area contributed by atoms with Crippen LogP contribution in [0.15, 0.2) is 48.8 Å². The van der Waals surface area contributed by atoms with Crippen molar-refractivity contribution < 1.29 is 18.3 Å². The van der Waals surface area contributed by atoms with E-state index in [1.54, 1.807) is 38.4 Å². The highest BCUT2D eigenvalue weighted by atomic mass is 19.1. The summed E-state index contributed by atoms with van der Waals surface area (Å²) in [5, 5.41) is 0. The number of aromatic amines is 1. The fourth-order valence-corrected chi connectivity index (χ4v) is 3.32. The third-order valence-electron chi connectivity index (χ3n) is 4.99. The molecule has 1 N–H and O–H groups in total. The Morgan fingerprint density at radius 2 is 1.88 bits per heavy atom. The number of nitrogens with one attached hydrogen (secondary N) is 1. The van der Waals surface area contributed by atoms with Crippen LogP contribution < -0.4 is 9.47 Å². The van der Waals surface area contributed by atoms with Crippen LogP contribution in [0.2, 0.25) is 0 Å². The van der Waals surface area contributed by atoms with Gasteiger partial charge in [0.05, 0.1) is 12.8 Å². The summed E-state index contributed by atoms with van der Waals surface area (Å²) >= 11 is 0. The molecule has 0 atom stereocenters. The highest BCUT2D eigenvalue weighted by Gasteiger charge is 2.17. The Labute approximate surface area is 184 Å². The molecule has 6 nitrogen and oxygen atoms in total. The second-order valence-electron chi connectivity index (χ2n) is 7.23. The fraction of sp³-hybridized carbons (Fsp3) is 0.208. The van der Waals surface area contributed by atoms with E-state index in [-0.39, 0.29) is 12.3 Å². The number of imidazole rings is 1. The first-order valence-corrected chi connectivity index (χ1v) is 10.1. The van der Waals surface area contributed by atoms with Crippen LogP contribution in [0, 0.1) is 18.7 Å². The number of hydrogen-bond acceptors (Lipinski definition) is 5. The van der Waals surface area contributed by atoms with Gasteiger partial charge in [0.1, 0.15) is 35.4 Å². The van der Waals surface area contributed by atoms with Crippen molar-refractivity contribution in [1.82, 2.24) is 19.9 Å². The summed E-state index contributed by atoms with van der Waals surface area (Å²) in [5.41, 5.74) is 4.06. The van der Waals surface area contributed by atoms with Gasteiger partial charge in [0, 0.05) is 35.3 Å². The van der Waals surface area contributed by atoms with Crippen LogP contribution in [0.1, 0.15) is 23.9 Å². The minimum Gasteiger partial charge on any atom is -0.496 e. The molecule has 3 aromatic heterocycles. The predicted molar refractivity (Wildman–Crippen MR) is 116 cm³/mol. The first-order valence-electron chi connectivity index (χ1n) is 10.1. The zero-order valence-electron chi connectivity index (χ0n) is 17.9. The molecule has 1 aromatic carbocycles. The van der Waals surface area contributed by atoms with Gasteiger partial charge in [-0.25, -0.2) is 14.4 Å². The maximum Gasteiger partial charge on any atom is 0.212 e. The Kier molecular flexibility index (Phi) is 6.11. The Bertz CT molecular complexity index is 1240. The van der Waals surface area contributed by atoms with Gasteiger partial charge in [0.25, 0.3) is 0 Å². The van der Waals surface area contributed by atoms with Crippen molar-refractivity contribution in [3.05, 3.63) is 77.5 Å². The quantitative estimate of drug-likeness (QED) is 0.400. The average molecular weight is 436 g/mol. The lowest BCUT2D eigenvalue weighted by Crippen LogP contribution is -2.02. The monoisotopic (exact) mass is 436 g/mol. The molecule has 164 valence electrons. The van der Waals surface area contributed by atoms with Gasteiger partial charge in [-0.05, 0) is 49.2 Å². The van der Waals surface area contributed by atoms with Crippen LogP contribution in [-0.2, 0) is 13.0 Å². The van der Waals surface area contributed by atoms with Crippen molar-refractivity contribution in [2.75, 3.05) is 7.11 Å². The number of halogens is 2. The molecule has 0 saturated carbocycles. The molecule has 0 saturated heterocycles. The molecule has 4 aromatic rings. The summed E-state index contributed by atoms with van der Waals surface area (Å²) in [6, 6.07) is 9.69. The molecule has 32 heavy (non-hydrogen) atoms. The summed E-state index contributed by atoms with van der Waals surface area (Å²) in [5.74, 6) is 0.719. The number of aryl methyl sites for hydroxylation is 2. The van der Waals surface area contributed by atoms with Crippen LogP contribution >= 0.6 is 0 Å². The van der Waals surface area contributed by atoms with E-state index in [0.717, 1.165) is 22.5 Å². The van der Waals surface area contributed by atoms with Crippen LogP contribution in [0.5, 0.6) is 11.5 Å². The maximum atomic E-state index is 14.0. The van der Waals surface area contributed by atoms with E-state index < -0.39 is 11.8 Å². The van der Waals surface area contributed by atoms with Gasteiger partial charge in [-0.2, -0.15) is 4.39 Å². The van der Waals surface area contributed by atoms with E-state index in [1.165, 1.54) is 18.3 Å². The van der Waals surface area contributed by atoms with Gasteiger partial charge >= 0.3 is 0 Å². The van der Waals surface area contributed by atoms with Gasteiger partial charge < -0.3 is 14.5 Å². The first-order chi connectivity index (χ1) is 15.5. The van der Waals surface area contributed by atoms with E-state index in [0.29, 0.717) is 29.3 Å². The molecule has 0 aliphatic heterocycles. The number of nitrogens with zero attached hydrogens (tertiary/aromatic N) is 3. The number of aromatic nitrogens is 4. The lowest BCUT2D eigenvalue weighted by Gasteiger charge is -2.12. The molecule has 3 heterocycles.